The number of hydrogen-bond acceptors (Lipinski definition) is 6. The summed E-state index contributed by atoms with van der Waals surface area (Å²) in [6.07, 6.45) is 0. The Labute approximate surface area is 148 Å². The van der Waals surface area contributed by atoms with Gasteiger partial charge in [-0.1, -0.05) is 34.8 Å². The lowest BCUT2D eigenvalue weighted by Gasteiger charge is -2.48. The zero-order valence-corrected chi connectivity index (χ0v) is 14.6. The second-order valence-electron chi connectivity index (χ2n) is 4.79. The van der Waals surface area contributed by atoms with Gasteiger partial charge >= 0.3 is 5.97 Å². The van der Waals surface area contributed by atoms with Crippen molar-refractivity contribution in [1.29, 1.82) is 0 Å². The minimum atomic E-state index is -1.86. The Bertz CT molecular complexity index is 593. The molecule has 0 bridgehead atoms. The second-order valence-corrected chi connectivity index (χ2v) is 8.84. The average Bonchev–Trinajstić information content (AvgIpc) is 2.41. The van der Waals surface area contributed by atoms with Crippen molar-refractivity contribution in [3.63, 3.8) is 0 Å². The number of aliphatic hydroxyl groups is 1. The van der Waals surface area contributed by atoms with Crippen LogP contribution in [0.5, 0.6) is 0 Å². The fourth-order valence-corrected chi connectivity index (χ4v) is 3.86. The summed E-state index contributed by atoms with van der Waals surface area (Å²) in [5.74, 6) is -3.19. The molecule has 2 N–H and O–H groups in total. The highest BCUT2D eigenvalue weighted by molar-refractivity contribution is 7.92. The van der Waals surface area contributed by atoms with Crippen molar-refractivity contribution in [3.8, 4) is 0 Å². The summed E-state index contributed by atoms with van der Waals surface area (Å²) in [6, 6.07) is -1.03. The molecule has 2 aliphatic rings. The Morgan fingerprint density at radius 3 is 2.65 bits per heavy atom. The number of nitrogens with one attached hydrogen (secondary N) is 1. The highest BCUT2D eigenvalue weighted by Gasteiger charge is 2.61. The van der Waals surface area contributed by atoms with Crippen molar-refractivity contribution in [2.24, 2.45) is 0 Å². The molecule has 0 radical (unpaired) electrons. The van der Waals surface area contributed by atoms with Crippen molar-refractivity contribution < 1.29 is 28.8 Å². The van der Waals surface area contributed by atoms with Crippen molar-refractivity contribution in [3.05, 3.63) is 11.5 Å². The molecule has 128 valence electrons. The third-order valence-electron chi connectivity index (χ3n) is 3.02. The fourth-order valence-electron chi connectivity index (χ4n) is 2.18. The maximum Gasteiger partial charge on any atom is 0.359 e. The largest absolute Gasteiger partial charge is 0.614 e. The molecule has 0 saturated carbocycles. The number of rotatable bonds is 3. The van der Waals surface area contributed by atoms with Crippen molar-refractivity contribution in [1.82, 2.24) is 10.2 Å². The van der Waals surface area contributed by atoms with Gasteiger partial charge in [0.05, 0.1) is 0 Å². The minimum absolute atomic E-state index is 0.358. The van der Waals surface area contributed by atoms with E-state index in [0.29, 0.717) is 0 Å². The van der Waals surface area contributed by atoms with E-state index in [1.54, 1.807) is 0 Å². The van der Waals surface area contributed by atoms with Crippen LogP contribution in [0.15, 0.2) is 11.5 Å². The monoisotopic (exact) mass is 404 g/mol. The molecular weight excluding hydrogens is 395 g/mol. The standard InChI is InChI=1S/C11H11Cl3N2O6S/c1-4(17)15-6-8(19)16-7(5(18)2-23(21)9(6)16)10(20)22-3-11(12,13)14/h6,9,18H,2-3H2,1H3,(H,15,17)/t6?,9-,23?/m0/s1. The number of hydrogen-bond donors (Lipinski definition) is 2. The third-order valence-corrected chi connectivity index (χ3v) is 4.93. The van der Waals surface area contributed by atoms with Gasteiger partial charge < -0.3 is 19.7 Å². The van der Waals surface area contributed by atoms with E-state index in [0.717, 1.165) is 4.90 Å². The molecule has 2 unspecified atom stereocenters. The van der Waals surface area contributed by atoms with Crippen LogP contribution in [0.3, 0.4) is 0 Å². The van der Waals surface area contributed by atoms with E-state index in [-0.39, 0.29) is 5.75 Å². The Kier molecular flexibility index (Phi) is 5.27. The van der Waals surface area contributed by atoms with E-state index in [4.69, 9.17) is 39.5 Å². The van der Waals surface area contributed by atoms with Gasteiger partial charge in [0.25, 0.3) is 5.91 Å². The lowest BCUT2D eigenvalue weighted by molar-refractivity contribution is -0.153. The molecule has 23 heavy (non-hydrogen) atoms. The predicted molar refractivity (Wildman–Crippen MR) is 82.2 cm³/mol. The predicted octanol–water partition coefficient (Wildman–Crippen LogP) is 0.105. The van der Waals surface area contributed by atoms with E-state index >= 15 is 0 Å². The number of fused-ring (bicyclic) bond motifs is 1. The summed E-state index contributed by atoms with van der Waals surface area (Å²) in [5, 5.41) is 11.2. The second kappa shape index (κ2) is 6.56. The first-order valence-corrected chi connectivity index (χ1v) is 8.68. The first-order valence-electron chi connectivity index (χ1n) is 6.16. The van der Waals surface area contributed by atoms with Crippen LogP contribution in [0, 0.1) is 0 Å². The van der Waals surface area contributed by atoms with Crippen LogP contribution in [-0.2, 0) is 30.3 Å². The maximum absolute atomic E-state index is 12.1. The van der Waals surface area contributed by atoms with Crippen LogP contribution in [0.2, 0.25) is 0 Å². The smallest absolute Gasteiger partial charge is 0.359 e. The van der Waals surface area contributed by atoms with Crippen LogP contribution in [0.4, 0.5) is 0 Å². The van der Waals surface area contributed by atoms with Gasteiger partial charge in [-0.05, 0) is 11.2 Å². The zero-order chi connectivity index (χ0) is 17.5. The van der Waals surface area contributed by atoms with Crippen LogP contribution >= 0.6 is 34.8 Å². The van der Waals surface area contributed by atoms with Gasteiger partial charge in [-0.3, -0.25) is 14.5 Å². The SMILES string of the molecule is CC(=O)NC1C(=O)N2C(C(=O)OCC(Cl)(Cl)Cl)=C(O)C[S+]([O-])[C@@H]12. The summed E-state index contributed by atoms with van der Waals surface area (Å²) >= 11 is 14.7. The molecule has 0 aromatic carbocycles. The summed E-state index contributed by atoms with van der Waals surface area (Å²) in [6.45, 7) is 0.601. The number of carbonyl (C=O) groups excluding carboxylic acids is 3. The third kappa shape index (κ3) is 3.80. The molecule has 2 rings (SSSR count). The lowest BCUT2D eigenvalue weighted by atomic mass is 10.0. The van der Waals surface area contributed by atoms with Crippen LogP contribution in [0.25, 0.3) is 0 Å². The molecule has 0 aromatic heterocycles. The summed E-state index contributed by atoms with van der Waals surface area (Å²) in [7, 11) is 0. The topological polar surface area (TPSA) is 119 Å². The Morgan fingerprint density at radius 1 is 1.52 bits per heavy atom. The highest BCUT2D eigenvalue weighted by atomic mass is 35.6. The Morgan fingerprint density at radius 2 is 2.13 bits per heavy atom. The van der Waals surface area contributed by atoms with Crippen LogP contribution < -0.4 is 5.32 Å². The van der Waals surface area contributed by atoms with Crippen LogP contribution in [-0.4, -0.2) is 59.9 Å². The van der Waals surface area contributed by atoms with E-state index in [1.165, 1.54) is 6.92 Å². The zero-order valence-electron chi connectivity index (χ0n) is 11.5. The van der Waals surface area contributed by atoms with Gasteiger partial charge in [0.1, 0.15) is 6.61 Å². The van der Waals surface area contributed by atoms with E-state index in [1.807, 2.05) is 0 Å². The molecule has 1 fully saturated rings. The quantitative estimate of drug-likeness (QED) is 0.298. The van der Waals surface area contributed by atoms with Gasteiger partial charge in [-0.15, -0.1) is 0 Å². The maximum atomic E-state index is 12.1. The van der Waals surface area contributed by atoms with E-state index in [2.05, 4.69) is 5.32 Å². The minimum Gasteiger partial charge on any atom is -0.614 e. The molecule has 0 spiro atoms. The number of β-lactam (4-membered cyclic amide) rings is 1. The Balaban J connectivity index is 2.20. The van der Waals surface area contributed by atoms with E-state index < -0.39 is 62.2 Å². The summed E-state index contributed by atoms with van der Waals surface area (Å²) in [4.78, 5) is 36.0. The van der Waals surface area contributed by atoms with Crippen molar-refractivity contribution in [2.75, 3.05) is 12.4 Å². The number of alkyl halides is 3. The molecule has 1 saturated heterocycles. The van der Waals surface area contributed by atoms with Crippen molar-refractivity contribution in [2.45, 2.75) is 22.1 Å². The van der Waals surface area contributed by atoms with Crippen molar-refractivity contribution >= 4 is 63.8 Å². The number of amides is 2. The normalized spacial score (nSPS) is 27.3. The molecule has 0 aromatic rings. The lowest BCUT2D eigenvalue weighted by Crippen LogP contribution is -2.74. The van der Waals surface area contributed by atoms with Gasteiger partial charge in [0, 0.05) is 6.92 Å². The van der Waals surface area contributed by atoms with Crippen LogP contribution in [0.1, 0.15) is 6.92 Å². The first-order chi connectivity index (χ1) is 10.5. The van der Waals surface area contributed by atoms with Gasteiger partial charge in [-0.25, -0.2) is 4.79 Å². The molecule has 2 aliphatic heterocycles. The number of carbonyl (C=O) groups is 3. The number of halogens is 3. The summed E-state index contributed by atoms with van der Waals surface area (Å²) < 4.78 is 14.9. The molecule has 3 atom stereocenters. The average molecular weight is 406 g/mol. The number of esters is 1. The van der Waals surface area contributed by atoms with Gasteiger partial charge in [0.15, 0.2) is 23.3 Å². The molecular formula is C11H11Cl3N2O6S. The van der Waals surface area contributed by atoms with Gasteiger partial charge in [-0.2, -0.15) is 0 Å². The number of aliphatic hydroxyl groups excluding tert-OH is 1. The fraction of sp³-hybridized carbons (Fsp3) is 0.545. The molecule has 2 amide bonds. The highest BCUT2D eigenvalue weighted by Crippen LogP contribution is 2.36. The van der Waals surface area contributed by atoms with E-state index in [9.17, 15) is 24.0 Å². The molecule has 12 heteroatoms. The Hall–Kier alpha value is -0.870. The summed E-state index contributed by atoms with van der Waals surface area (Å²) in [5.41, 5.74) is -0.463. The molecule has 2 heterocycles. The van der Waals surface area contributed by atoms with Gasteiger partial charge in [0.2, 0.25) is 15.1 Å². The number of nitrogens with zero attached hydrogens (tertiary/aromatic N) is 1. The molecule has 8 nitrogen and oxygen atoms in total. The number of ether oxygens (including phenoxy) is 1. The molecule has 0 aliphatic carbocycles. The first kappa shape index (κ1) is 18.5.